The quantitative estimate of drug-likeness (QED) is 0.268. The fourth-order valence-electron chi connectivity index (χ4n) is 0. The van der Waals surface area contributed by atoms with Crippen LogP contribution in [-0.4, -0.2) is 26.8 Å². The predicted molar refractivity (Wildman–Crippen MR) is 23.5 cm³/mol. The Morgan fingerprint density at radius 2 is 1.00 bits per heavy atom. The molecule has 0 atom stereocenters. The molecule has 0 aromatic rings. The van der Waals surface area contributed by atoms with Gasteiger partial charge in [0.05, 0.1) is 0 Å². The van der Waals surface area contributed by atoms with Crippen molar-refractivity contribution < 1.29 is 84.0 Å². The van der Waals surface area contributed by atoms with Crippen molar-refractivity contribution in [2.45, 2.75) is 0 Å². The zero-order chi connectivity index (χ0) is 4.71. The summed E-state index contributed by atoms with van der Waals surface area (Å²) in [5.74, 6) is 0. The molecular formula is CH6Na2O5S. The molecule has 0 saturated heterocycles. The zero-order valence-electron chi connectivity index (χ0n) is 5.34. The van der Waals surface area contributed by atoms with Crippen molar-refractivity contribution in [2.75, 3.05) is 0 Å². The Morgan fingerprint density at radius 3 is 1.00 bits per heavy atom. The Bertz CT molecular complexity index is 18.9. The van der Waals surface area contributed by atoms with Crippen molar-refractivity contribution in [3.63, 3.8) is 0 Å². The molecule has 4 N–H and O–H groups in total. The van der Waals surface area contributed by atoms with Crippen molar-refractivity contribution in [1.82, 2.24) is 0 Å². The molecule has 0 rings (SSSR count). The van der Waals surface area contributed by atoms with Gasteiger partial charge in [0.1, 0.15) is 6.79 Å². The van der Waals surface area contributed by atoms with Crippen LogP contribution < -0.4 is 59.1 Å². The Balaban J connectivity index is -0.00000000357. The summed E-state index contributed by atoms with van der Waals surface area (Å²) in [5, 5.41) is 0. The first-order valence-electron chi connectivity index (χ1n) is 0.622. The van der Waals surface area contributed by atoms with E-state index in [1.54, 1.807) is 0 Å². The molecule has 0 amide bonds. The van der Waals surface area contributed by atoms with E-state index < -0.39 is 12.3 Å². The van der Waals surface area contributed by atoms with E-state index in [0.29, 0.717) is 0 Å². The number of rotatable bonds is 0. The van der Waals surface area contributed by atoms with E-state index >= 15 is 0 Å². The normalized spacial score (nSPS) is 2.44. The van der Waals surface area contributed by atoms with Crippen LogP contribution in [0.2, 0.25) is 0 Å². The second-order valence-corrected chi connectivity index (χ2v) is 0.204. The minimum absolute atomic E-state index is 0. The van der Waals surface area contributed by atoms with E-state index in [1.165, 1.54) is 0 Å². The van der Waals surface area contributed by atoms with Crippen LogP contribution in [-0.2, 0) is 4.79 Å². The largest absolute Gasteiger partial charge is 1.00 e. The van der Waals surface area contributed by atoms with Crippen LogP contribution in [0.3, 0.4) is 0 Å². The SMILES string of the molecule is C=O.O.O.[Na+].[Na+].[O-]S[O-]. The predicted octanol–water partition coefficient (Wildman–Crippen LogP) is -7.85. The van der Waals surface area contributed by atoms with Gasteiger partial charge < -0.3 is 37.2 Å². The Kier molecular flexibility index (Phi) is 470. The molecule has 0 unspecified atom stereocenters. The standard InChI is InChI=1S/CH2O.2Na.H2O2S.2H2O/c1-2;;;1-3-2;;/h1H2;;;1-2H;2*1H2/q;2*+1;;;/p-2. The van der Waals surface area contributed by atoms with E-state index in [0.717, 1.165) is 0 Å². The smallest absolute Gasteiger partial charge is 0.811 e. The minimum Gasteiger partial charge on any atom is -0.811 e. The van der Waals surface area contributed by atoms with Crippen LogP contribution in [0, 0.1) is 0 Å². The van der Waals surface area contributed by atoms with Gasteiger partial charge in [-0.05, 0) is 0 Å². The summed E-state index contributed by atoms with van der Waals surface area (Å²) in [6.45, 7) is 2.00. The Labute approximate surface area is 102 Å². The first-order valence-corrected chi connectivity index (χ1v) is 1.29. The summed E-state index contributed by atoms with van der Waals surface area (Å²) in [5.41, 5.74) is 0. The molecule has 0 radical (unpaired) electrons. The van der Waals surface area contributed by atoms with Gasteiger partial charge in [0.2, 0.25) is 0 Å². The molecule has 9 heavy (non-hydrogen) atoms. The molecule has 0 fully saturated rings. The molecule has 0 aliphatic carbocycles. The van der Waals surface area contributed by atoms with Crippen molar-refractivity contribution in [2.24, 2.45) is 0 Å². The van der Waals surface area contributed by atoms with Gasteiger partial charge in [-0.3, -0.25) is 0 Å². The van der Waals surface area contributed by atoms with Crippen LogP contribution in [0.15, 0.2) is 0 Å². The van der Waals surface area contributed by atoms with Crippen LogP contribution in [0.5, 0.6) is 0 Å². The van der Waals surface area contributed by atoms with Gasteiger partial charge in [-0.25, -0.2) is 0 Å². The Hall–Kier alpha value is 1.86. The molecule has 0 aromatic heterocycles. The summed E-state index contributed by atoms with van der Waals surface area (Å²) < 4.78 is 16.6. The molecule has 5 nitrogen and oxygen atoms in total. The maximum atomic E-state index is 8.29. The molecule has 0 aromatic carbocycles. The van der Waals surface area contributed by atoms with Crippen molar-refractivity contribution in [3.8, 4) is 0 Å². The zero-order valence-corrected chi connectivity index (χ0v) is 10.2. The van der Waals surface area contributed by atoms with Gasteiger partial charge in [0.25, 0.3) is 0 Å². The summed E-state index contributed by atoms with van der Waals surface area (Å²) in [4.78, 5) is 8.00. The second-order valence-electron chi connectivity index (χ2n) is 0.0680. The monoisotopic (exact) mass is 176 g/mol. The van der Waals surface area contributed by atoms with E-state index in [9.17, 15) is 0 Å². The molecular weight excluding hydrogens is 170 g/mol. The molecule has 0 aliphatic heterocycles. The maximum absolute atomic E-state index is 8.29. The van der Waals surface area contributed by atoms with Gasteiger partial charge in [0.15, 0.2) is 0 Å². The average molecular weight is 176 g/mol. The molecule has 0 heterocycles. The maximum Gasteiger partial charge on any atom is 1.00 e. The van der Waals surface area contributed by atoms with Gasteiger partial charge in [-0.1, -0.05) is 0 Å². The van der Waals surface area contributed by atoms with E-state index in [4.69, 9.17) is 13.9 Å². The third-order valence-electron chi connectivity index (χ3n) is 0. The third-order valence-corrected chi connectivity index (χ3v) is 0. The first kappa shape index (κ1) is 44.7. The minimum atomic E-state index is -0.750. The van der Waals surface area contributed by atoms with Crippen molar-refractivity contribution in [1.29, 1.82) is 0 Å². The Morgan fingerprint density at radius 1 is 1.00 bits per heavy atom. The van der Waals surface area contributed by atoms with E-state index in [-0.39, 0.29) is 70.1 Å². The van der Waals surface area contributed by atoms with Gasteiger partial charge in [-0.2, -0.15) is 0 Å². The van der Waals surface area contributed by atoms with Gasteiger partial charge in [-0.15, -0.1) is 0 Å². The fourth-order valence-corrected chi connectivity index (χ4v) is 0. The number of carbonyl (C=O) groups excluding carboxylic acids is 1. The molecule has 8 heteroatoms. The molecule has 0 saturated carbocycles. The van der Waals surface area contributed by atoms with Crippen LogP contribution >= 0.6 is 12.3 Å². The number of carbonyl (C=O) groups is 1. The summed E-state index contributed by atoms with van der Waals surface area (Å²) in [7, 11) is 0. The van der Waals surface area contributed by atoms with Crippen LogP contribution in [0.1, 0.15) is 0 Å². The average Bonchev–Trinajstić information content (AvgIpc) is 1.46. The first-order chi connectivity index (χ1) is 2.41. The number of hydrogen-bond donors (Lipinski definition) is 0. The van der Waals surface area contributed by atoms with Crippen LogP contribution in [0.4, 0.5) is 0 Å². The number of hydrogen-bond acceptors (Lipinski definition) is 4. The fraction of sp³-hybridized carbons (Fsp3) is 0. The van der Waals surface area contributed by atoms with Crippen molar-refractivity contribution >= 4 is 19.1 Å². The van der Waals surface area contributed by atoms with Gasteiger partial charge in [0, 0.05) is 0 Å². The molecule has 0 spiro atoms. The van der Waals surface area contributed by atoms with Crippen molar-refractivity contribution in [3.05, 3.63) is 0 Å². The van der Waals surface area contributed by atoms with Crippen LogP contribution in [0.25, 0.3) is 0 Å². The van der Waals surface area contributed by atoms with E-state index in [2.05, 4.69) is 0 Å². The topological polar surface area (TPSA) is 126 Å². The van der Waals surface area contributed by atoms with E-state index in [1.807, 2.05) is 6.79 Å². The molecule has 0 bridgehead atoms. The van der Waals surface area contributed by atoms with Gasteiger partial charge >= 0.3 is 59.1 Å². The summed E-state index contributed by atoms with van der Waals surface area (Å²) in [6.07, 6.45) is 0. The summed E-state index contributed by atoms with van der Waals surface area (Å²) in [6, 6.07) is 0. The summed E-state index contributed by atoms with van der Waals surface area (Å²) >= 11 is -0.750. The third kappa shape index (κ3) is 176. The molecule has 0 aliphatic rings. The second kappa shape index (κ2) is 94.6. The molecule has 48 valence electrons.